The van der Waals surface area contributed by atoms with Crippen molar-refractivity contribution in [2.24, 2.45) is 5.92 Å². The largest absolute Gasteiger partial charge is 0.393 e. The average molecular weight is 318 g/mol. The van der Waals surface area contributed by atoms with Crippen LogP contribution in [0.3, 0.4) is 0 Å². The molecule has 1 saturated heterocycles. The molecule has 1 aromatic heterocycles. The molecule has 5 nitrogen and oxygen atoms in total. The van der Waals surface area contributed by atoms with Crippen LogP contribution >= 0.6 is 11.6 Å². The van der Waals surface area contributed by atoms with Crippen molar-refractivity contribution in [3.05, 3.63) is 35.6 Å². The monoisotopic (exact) mass is 317 g/mol. The fourth-order valence-electron chi connectivity index (χ4n) is 2.65. The number of nitrogen functional groups attached to an aromatic ring is 1. The van der Waals surface area contributed by atoms with Gasteiger partial charge in [-0.15, -0.1) is 0 Å². The molecule has 1 aromatic carbocycles. The Kier molecular flexibility index (Phi) is 4.34. The van der Waals surface area contributed by atoms with Gasteiger partial charge in [0.25, 0.3) is 0 Å². The number of aromatic nitrogens is 2. The SMILES string of the molecule is CC1CCN(c2ncnc(Nc3ccccc3Cl)c2N)CC1. The summed E-state index contributed by atoms with van der Waals surface area (Å²) in [4.78, 5) is 10.9. The van der Waals surface area contributed by atoms with Crippen LogP contribution in [0.25, 0.3) is 0 Å². The Balaban J connectivity index is 1.84. The van der Waals surface area contributed by atoms with Crippen molar-refractivity contribution in [2.75, 3.05) is 29.0 Å². The first-order valence-electron chi connectivity index (χ1n) is 7.52. The van der Waals surface area contributed by atoms with Gasteiger partial charge < -0.3 is 16.0 Å². The standard InChI is InChI=1S/C16H20ClN5/c1-11-6-8-22(9-7-11)16-14(18)15(19-10-20-16)21-13-5-3-2-4-12(13)17/h2-5,10-11H,6-9,18H2,1H3,(H,19,20,21). The first-order valence-corrected chi connectivity index (χ1v) is 7.90. The van der Waals surface area contributed by atoms with E-state index in [4.69, 9.17) is 17.3 Å². The van der Waals surface area contributed by atoms with Crippen LogP contribution < -0.4 is 16.0 Å². The van der Waals surface area contributed by atoms with Gasteiger partial charge in [-0.2, -0.15) is 0 Å². The zero-order valence-electron chi connectivity index (χ0n) is 12.6. The molecule has 116 valence electrons. The maximum Gasteiger partial charge on any atom is 0.159 e. The van der Waals surface area contributed by atoms with Crippen LogP contribution in [0.1, 0.15) is 19.8 Å². The first-order chi connectivity index (χ1) is 10.6. The summed E-state index contributed by atoms with van der Waals surface area (Å²) in [6.45, 7) is 4.24. The molecule has 0 bridgehead atoms. The third kappa shape index (κ3) is 3.09. The molecule has 1 aliphatic heterocycles. The topological polar surface area (TPSA) is 67.1 Å². The summed E-state index contributed by atoms with van der Waals surface area (Å²) in [7, 11) is 0. The summed E-state index contributed by atoms with van der Waals surface area (Å²) in [6, 6.07) is 7.52. The van der Waals surface area contributed by atoms with Crippen molar-refractivity contribution < 1.29 is 0 Å². The maximum absolute atomic E-state index is 6.27. The second-order valence-corrected chi connectivity index (χ2v) is 6.14. The summed E-state index contributed by atoms with van der Waals surface area (Å²) in [5.74, 6) is 2.16. The summed E-state index contributed by atoms with van der Waals surface area (Å²) in [5.41, 5.74) is 7.63. The van der Waals surface area contributed by atoms with Crippen LogP contribution in [0.2, 0.25) is 5.02 Å². The van der Waals surface area contributed by atoms with Gasteiger partial charge in [0, 0.05) is 13.1 Å². The Morgan fingerprint density at radius 3 is 2.68 bits per heavy atom. The second-order valence-electron chi connectivity index (χ2n) is 5.73. The fraction of sp³-hybridized carbons (Fsp3) is 0.375. The number of halogens is 1. The molecule has 3 rings (SSSR count). The smallest absolute Gasteiger partial charge is 0.159 e. The van der Waals surface area contributed by atoms with Crippen LogP contribution in [0.5, 0.6) is 0 Å². The minimum absolute atomic E-state index is 0.567. The predicted molar refractivity (Wildman–Crippen MR) is 91.8 cm³/mol. The Morgan fingerprint density at radius 1 is 1.23 bits per heavy atom. The van der Waals surface area contributed by atoms with E-state index in [0.717, 1.165) is 43.4 Å². The van der Waals surface area contributed by atoms with Gasteiger partial charge >= 0.3 is 0 Å². The van der Waals surface area contributed by atoms with Crippen molar-refractivity contribution in [3.63, 3.8) is 0 Å². The Bertz CT molecular complexity index is 653. The molecular formula is C16H20ClN5. The van der Waals surface area contributed by atoms with Crippen molar-refractivity contribution >= 4 is 34.6 Å². The van der Waals surface area contributed by atoms with Gasteiger partial charge in [-0.05, 0) is 30.9 Å². The number of hydrogen-bond acceptors (Lipinski definition) is 5. The minimum Gasteiger partial charge on any atom is -0.393 e. The average Bonchev–Trinajstić information content (AvgIpc) is 2.52. The lowest BCUT2D eigenvalue weighted by molar-refractivity contribution is 0.437. The Hall–Kier alpha value is -2.01. The molecule has 0 atom stereocenters. The van der Waals surface area contributed by atoms with Gasteiger partial charge in [-0.25, -0.2) is 9.97 Å². The van der Waals surface area contributed by atoms with E-state index in [2.05, 4.69) is 27.1 Å². The van der Waals surface area contributed by atoms with Gasteiger partial charge in [-0.1, -0.05) is 30.7 Å². The number of rotatable bonds is 3. The third-order valence-corrected chi connectivity index (χ3v) is 4.40. The second kappa shape index (κ2) is 6.40. The number of piperidine rings is 1. The molecule has 22 heavy (non-hydrogen) atoms. The zero-order chi connectivity index (χ0) is 15.5. The number of nitrogens with zero attached hydrogens (tertiary/aromatic N) is 3. The molecule has 0 aliphatic carbocycles. The van der Waals surface area contributed by atoms with Gasteiger partial charge in [0.15, 0.2) is 11.6 Å². The van der Waals surface area contributed by atoms with E-state index in [-0.39, 0.29) is 0 Å². The van der Waals surface area contributed by atoms with Gasteiger partial charge in [-0.3, -0.25) is 0 Å². The van der Waals surface area contributed by atoms with Crippen molar-refractivity contribution in [2.45, 2.75) is 19.8 Å². The number of benzene rings is 1. The van der Waals surface area contributed by atoms with Crippen LogP contribution in [-0.2, 0) is 0 Å². The highest BCUT2D eigenvalue weighted by Gasteiger charge is 2.20. The summed E-state index contributed by atoms with van der Waals surface area (Å²) in [5, 5.41) is 3.83. The van der Waals surface area contributed by atoms with Crippen LogP contribution in [0, 0.1) is 5.92 Å². The van der Waals surface area contributed by atoms with Gasteiger partial charge in [0.05, 0.1) is 10.7 Å². The molecule has 0 amide bonds. The highest BCUT2D eigenvalue weighted by atomic mass is 35.5. The lowest BCUT2D eigenvalue weighted by Crippen LogP contribution is -2.34. The third-order valence-electron chi connectivity index (χ3n) is 4.07. The van der Waals surface area contributed by atoms with E-state index in [1.54, 1.807) is 6.33 Å². The Morgan fingerprint density at radius 2 is 1.95 bits per heavy atom. The molecule has 1 aliphatic rings. The van der Waals surface area contributed by atoms with Crippen molar-refractivity contribution in [1.29, 1.82) is 0 Å². The van der Waals surface area contributed by atoms with E-state index in [1.165, 1.54) is 0 Å². The lowest BCUT2D eigenvalue weighted by Gasteiger charge is -2.32. The summed E-state index contributed by atoms with van der Waals surface area (Å²) >= 11 is 6.17. The molecule has 6 heteroatoms. The van der Waals surface area contributed by atoms with E-state index in [0.29, 0.717) is 16.5 Å². The quantitative estimate of drug-likeness (QED) is 0.903. The molecule has 0 spiro atoms. The van der Waals surface area contributed by atoms with Crippen LogP contribution in [0.15, 0.2) is 30.6 Å². The lowest BCUT2D eigenvalue weighted by atomic mass is 9.99. The highest BCUT2D eigenvalue weighted by Crippen LogP contribution is 2.32. The van der Waals surface area contributed by atoms with Gasteiger partial charge in [0.2, 0.25) is 0 Å². The summed E-state index contributed by atoms with van der Waals surface area (Å²) < 4.78 is 0. The van der Waals surface area contributed by atoms with E-state index < -0.39 is 0 Å². The predicted octanol–water partition coefficient (Wildman–Crippen LogP) is 3.69. The number of nitrogens with two attached hydrogens (primary N) is 1. The highest BCUT2D eigenvalue weighted by molar-refractivity contribution is 6.33. The molecule has 0 unspecified atom stereocenters. The van der Waals surface area contributed by atoms with E-state index in [9.17, 15) is 0 Å². The molecule has 0 saturated carbocycles. The fourth-order valence-corrected chi connectivity index (χ4v) is 2.83. The van der Waals surface area contributed by atoms with E-state index >= 15 is 0 Å². The first kappa shape index (κ1) is 14.9. The number of nitrogens with one attached hydrogen (secondary N) is 1. The number of para-hydroxylation sites is 1. The molecule has 1 fully saturated rings. The van der Waals surface area contributed by atoms with Crippen molar-refractivity contribution in [1.82, 2.24) is 9.97 Å². The maximum atomic E-state index is 6.27. The van der Waals surface area contributed by atoms with E-state index in [1.807, 2.05) is 24.3 Å². The van der Waals surface area contributed by atoms with Gasteiger partial charge in [0.1, 0.15) is 12.0 Å². The molecule has 2 aromatic rings. The molecule has 0 radical (unpaired) electrons. The minimum atomic E-state index is 0.567. The van der Waals surface area contributed by atoms with Crippen LogP contribution in [0.4, 0.5) is 23.0 Å². The zero-order valence-corrected chi connectivity index (χ0v) is 13.3. The molecule has 3 N–H and O–H groups in total. The number of anilines is 4. The summed E-state index contributed by atoms with van der Waals surface area (Å²) in [6.07, 6.45) is 3.87. The molecular weight excluding hydrogens is 298 g/mol. The van der Waals surface area contributed by atoms with Crippen LogP contribution in [-0.4, -0.2) is 23.1 Å². The number of hydrogen-bond donors (Lipinski definition) is 2. The Labute approximate surface area is 135 Å². The van der Waals surface area contributed by atoms with Crippen molar-refractivity contribution in [3.8, 4) is 0 Å². The normalized spacial score (nSPS) is 15.8. The molecule has 2 heterocycles.